The fourth-order valence-electron chi connectivity index (χ4n) is 3.82. The van der Waals surface area contributed by atoms with Crippen LogP contribution in [0.15, 0.2) is 59.8 Å². The highest BCUT2D eigenvalue weighted by Gasteiger charge is 2.31. The molecule has 3 heterocycles. The van der Waals surface area contributed by atoms with Crippen molar-refractivity contribution in [3.63, 3.8) is 0 Å². The molecular weight excluding hydrogens is 370 g/mol. The predicted molar refractivity (Wildman–Crippen MR) is 111 cm³/mol. The molecule has 0 aliphatic carbocycles. The minimum absolute atomic E-state index is 0.00866. The van der Waals surface area contributed by atoms with E-state index in [0.29, 0.717) is 23.9 Å². The molecule has 5 nitrogen and oxygen atoms in total. The lowest BCUT2D eigenvalue weighted by Crippen LogP contribution is -2.38. The molecule has 0 amide bonds. The Labute approximate surface area is 167 Å². The molecule has 0 unspecified atom stereocenters. The first-order valence-corrected chi connectivity index (χ1v) is 11.2. The maximum Gasteiger partial charge on any atom is 0.243 e. The van der Waals surface area contributed by atoms with Crippen LogP contribution in [0.3, 0.4) is 0 Å². The summed E-state index contributed by atoms with van der Waals surface area (Å²) >= 11 is 0. The summed E-state index contributed by atoms with van der Waals surface area (Å²) in [4.78, 5) is 5.09. The van der Waals surface area contributed by atoms with Crippen LogP contribution in [0.4, 0.5) is 0 Å². The Morgan fingerprint density at radius 3 is 2.29 bits per heavy atom. The third-order valence-electron chi connectivity index (χ3n) is 5.61. The van der Waals surface area contributed by atoms with Gasteiger partial charge in [0, 0.05) is 31.4 Å². The Bertz CT molecular complexity index is 1040. The number of pyridine rings is 1. The molecule has 0 saturated carbocycles. The zero-order valence-electron chi connectivity index (χ0n) is 16.7. The fraction of sp³-hybridized carbons (Fsp3) is 0.409. The number of hydrogen-bond acceptors (Lipinski definition) is 3. The van der Waals surface area contributed by atoms with Gasteiger partial charge in [-0.3, -0.25) is 0 Å². The summed E-state index contributed by atoms with van der Waals surface area (Å²) in [5.41, 5.74) is 3.13. The Kier molecular flexibility index (Phi) is 4.79. The van der Waals surface area contributed by atoms with Crippen molar-refractivity contribution in [2.75, 3.05) is 13.1 Å². The van der Waals surface area contributed by atoms with E-state index in [2.05, 4.69) is 27.0 Å². The maximum absolute atomic E-state index is 13.0. The van der Waals surface area contributed by atoms with Gasteiger partial charge < -0.3 is 4.40 Å². The first-order valence-electron chi connectivity index (χ1n) is 9.79. The highest BCUT2D eigenvalue weighted by molar-refractivity contribution is 7.89. The van der Waals surface area contributed by atoms with Gasteiger partial charge in [0.1, 0.15) is 5.65 Å². The average molecular weight is 398 g/mol. The molecule has 28 heavy (non-hydrogen) atoms. The largest absolute Gasteiger partial charge is 0.307 e. The highest BCUT2D eigenvalue weighted by Crippen LogP contribution is 2.31. The van der Waals surface area contributed by atoms with Crippen LogP contribution in [0.25, 0.3) is 5.65 Å². The van der Waals surface area contributed by atoms with Crippen LogP contribution in [0.1, 0.15) is 50.8 Å². The third kappa shape index (κ3) is 3.59. The summed E-state index contributed by atoms with van der Waals surface area (Å²) in [5.74, 6) is 0.301. The van der Waals surface area contributed by atoms with E-state index >= 15 is 0 Å². The second-order valence-corrected chi connectivity index (χ2v) is 10.5. The van der Waals surface area contributed by atoms with E-state index in [4.69, 9.17) is 4.98 Å². The van der Waals surface area contributed by atoms with Gasteiger partial charge in [-0.15, -0.1) is 0 Å². The molecule has 1 aromatic carbocycles. The van der Waals surface area contributed by atoms with Gasteiger partial charge in [-0.05, 0) is 48.1 Å². The van der Waals surface area contributed by atoms with E-state index in [1.54, 1.807) is 16.4 Å². The second kappa shape index (κ2) is 7.01. The molecule has 0 radical (unpaired) electrons. The summed E-state index contributed by atoms with van der Waals surface area (Å²) in [6, 6.07) is 13.3. The number of sulfonamides is 1. The second-order valence-electron chi connectivity index (χ2n) is 8.58. The van der Waals surface area contributed by atoms with E-state index in [9.17, 15) is 8.42 Å². The van der Waals surface area contributed by atoms with E-state index < -0.39 is 10.0 Å². The van der Waals surface area contributed by atoms with Gasteiger partial charge in [0.2, 0.25) is 10.0 Å². The van der Waals surface area contributed by atoms with Crippen LogP contribution < -0.4 is 0 Å². The van der Waals surface area contributed by atoms with Crippen LogP contribution in [-0.4, -0.2) is 35.2 Å². The molecule has 2 aromatic heterocycles. The molecule has 148 valence electrons. The summed E-state index contributed by atoms with van der Waals surface area (Å²) in [7, 11) is -3.45. The summed E-state index contributed by atoms with van der Waals surface area (Å²) in [5, 5.41) is 0. The zero-order valence-corrected chi connectivity index (χ0v) is 17.5. The minimum Gasteiger partial charge on any atom is -0.307 e. The van der Waals surface area contributed by atoms with E-state index in [1.165, 1.54) is 0 Å². The summed E-state index contributed by atoms with van der Waals surface area (Å²) in [6.07, 6.45) is 5.65. The Balaban J connectivity index is 1.47. The minimum atomic E-state index is -3.45. The molecule has 1 aliphatic rings. The fourth-order valence-corrected chi connectivity index (χ4v) is 5.29. The summed E-state index contributed by atoms with van der Waals surface area (Å²) in [6.45, 7) is 7.44. The zero-order chi connectivity index (χ0) is 19.9. The molecular formula is C22H27N3O2S. The average Bonchev–Trinajstić information content (AvgIpc) is 3.12. The molecule has 0 spiro atoms. The molecule has 4 rings (SSSR count). The van der Waals surface area contributed by atoms with E-state index in [0.717, 1.165) is 29.7 Å². The Morgan fingerprint density at radius 2 is 1.68 bits per heavy atom. The van der Waals surface area contributed by atoms with Crippen molar-refractivity contribution in [2.45, 2.75) is 49.8 Å². The molecule has 0 atom stereocenters. The van der Waals surface area contributed by atoms with Crippen LogP contribution in [0, 0.1) is 0 Å². The first-order chi connectivity index (χ1) is 13.2. The molecule has 1 aliphatic heterocycles. The number of rotatable bonds is 3. The third-order valence-corrected chi connectivity index (χ3v) is 7.53. The quantitative estimate of drug-likeness (QED) is 0.666. The number of nitrogens with zero attached hydrogens (tertiary/aromatic N) is 3. The van der Waals surface area contributed by atoms with Crippen LogP contribution in [0.2, 0.25) is 0 Å². The number of aromatic nitrogens is 2. The number of imidazole rings is 1. The monoisotopic (exact) mass is 397 g/mol. The standard InChI is InChI=1S/C22H27N3O2S/c1-22(2,3)18-7-9-19(10-8-18)28(26,27)25-14-11-17(12-15-25)20-16-24-13-5-4-6-21(24)23-20/h4-10,13,16-17H,11-12,14-15H2,1-3H3. The van der Waals surface area contributed by atoms with Crippen molar-refractivity contribution in [3.8, 4) is 0 Å². The Morgan fingerprint density at radius 1 is 1.00 bits per heavy atom. The lowest BCUT2D eigenvalue weighted by Gasteiger charge is -2.30. The molecule has 1 saturated heterocycles. The highest BCUT2D eigenvalue weighted by atomic mass is 32.2. The van der Waals surface area contributed by atoms with Crippen molar-refractivity contribution in [1.82, 2.24) is 13.7 Å². The van der Waals surface area contributed by atoms with Gasteiger partial charge in [0.15, 0.2) is 0 Å². The number of piperidine rings is 1. The van der Waals surface area contributed by atoms with E-state index in [-0.39, 0.29) is 5.41 Å². The maximum atomic E-state index is 13.0. The smallest absolute Gasteiger partial charge is 0.243 e. The topological polar surface area (TPSA) is 54.7 Å². The van der Waals surface area contributed by atoms with Crippen molar-refractivity contribution >= 4 is 15.7 Å². The van der Waals surface area contributed by atoms with Crippen LogP contribution in [-0.2, 0) is 15.4 Å². The lowest BCUT2D eigenvalue weighted by molar-refractivity contribution is 0.317. The number of fused-ring (bicyclic) bond motifs is 1. The van der Waals surface area contributed by atoms with Gasteiger partial charge >= 0.3 is 0 Å². The van der Waals surface area contributed by atoms with Gasteiger partial charge in [-0.1, -0.05) is 39.0 Å². The number of benzene rings is 1. The van der Waals surface area contributed by atoms with Crippen molar-refractivity contribution < 1.29 is 8.42 Å². The number of hydrogen-bond donors (Lipinski definition) is 0. The van der Waals surface area contributed by atoms with Gasteiger partial charge in [0.25, 0.3) is 0 Å². The van der Waals surface area contributed by atoms with Crippen molar-refractivity contribution in [1.29, 1.82) is 0 Å². The van der Waals surface area contributed by atoms with E-state index in [1.807, 2.05) is 40.9 Å². The molecule has 0 N–H and O–H groups in total. The first kappa shape index (κ1) is 19.2. The molecule has 0 bridgehead atoms. The van der Waals surface area contributed by atoms with Crippen molar-refractivity contribution in [3.05, 3.63) is 66.1 Å². The lowest BCUT2D eigenvalue weighted by atomic mass is 9.87. The summed E-state index contributed by atoms with van der Waals surface area (Å²) < 4.78 is 29.7. The van der Waals surface area contributed by atoms with Gasteiger partial charge in [0.05, 0.1) is 10.6 Å². The predicted octanol–water partition coefficient (Wildman–Crippen LogP) is 4.20. The molecule has 1 fully saturated rings. The Hall–Kier alpha value is -2.18. The van der Waals surface area contributed by atoms with Gasteiger partial charge in [-0.2, -0.15) is 4.31 Å². The van der Waals surface area contributed by atoms with Crippen molar-refractivity contribution in [2.24, 2.45) is 0 Å². The van der Waals surface area contributed by atoms with Crippen LogP contribution >= 0.6 is 0 Å². The molecule has 6 heteroatoms. The normalized spacial score (nSPS) is 17.2. The van der Waals surface area contributed by atoms with Crippen LogP contribution in [0.5, 0.6) is 0 Å². The van der Waals surface area contributed by atoms with Gasteiger partial charge in [-0.25, -0.2) is 13.4 Å². The molecule has 3 aromatic rings. The SMILES string of the molecule is CC(C)(C)c1ccc(S(=O)(=O)N2CCC(c3cn4ccccc4n3)CC2)cc1.